The lowest BCUT2D eigenvalue weighted by Crippen LogP contribution is -2.47. The van der Waals surface area contributed by atoms with Crippen LogP contribution in [0.3, 0.4) is 0 Å². The smallest absolute Gasteiger partial charge is 0.245 e. The molecule has 0 unspecified atom stereocenters. The average Bonchev–Trinajstić information content (AvgIpc) is 3.27. The Hall–Kier alpha value is -1.63. The van der Waals surface area contributed by atoms with Crippen molar-refractivity contribution in [1.82, 2.24) is 18.4 Å². The van der Waals surface area contributed by atoms with Crippen molar-refractivity contribution in [1.29, 1.82) is 0 Å². The molecular weight excluding hydrogens is 424 g/mol. The maximum absolute atomic E-state index is 13.1. The summed E-state index contributed by atoms with van der Waals surface area (Å²) in [6, 6.07) is 4.46. The number of sulfone groups is 1. The van der Waals surface area contributed by atoms with Gasteiger partial charge in [0, 0.05) is 19.1 Å². The number of amides is 1. The number of carbonyl (C=O) groups is 1. The van der Waals surface area contributed by atoms with Gasteiger partial charge in [0.2, 0.25) is 15.9 Å². The van der Waals surface area contributed by atoms with Crippen molar-refractivity contribution in [3.63, 3.8) is 0 Å². The molecule has 9 nitrogen and oxygen atoms in total. The summed E-state index contributed by atoms with van der Waals surface area (Å²) in [5.74, 6) is -0.753. The van der Waals surface area contributed by atoms with Crippen molar-refractivity contribution >= 4 is 48.5 Å². The fourth-order valence-electron chi connectivity index (χ4n) is 3.73. The van der Waals surface area contributed by atoms with Crippen LogP contribution in [0.25, 0.3) is 11.0 Å². The Morgan fingerprint density at radius 2 is 2.07 bits per heavy atom. The molecule has 2 aromatic rings. The Morgan fingerprint density at radius 1 is 1.25 bits per heavy atom. The van der Waals surface area contributed by atoms with E-state index in [0.29, 0.717) is 36.8 Å². The van der Waals surface area contributed by atoms with Crippen LogP contribution in [0.1, 0.15) is 19.3 Å². The predicted octanol–water partition coefficient (Wildman–Crippen LogP) is 0.395. The molecule has 12 heteroatoms. The fourth-order valence-corrected chi connectivity index (χ4v) is 7.68. The van der Waals surface area contributed by atoms with Gasteiger partial charge < -0.3 is 5.32 Å². The summed E-state index contributed by atoms with van der Waals surface area (Å²) in [5, 5.41) is 2.78. The first-order chi connectivity index (χ1) is 13.3. The average molecular weight is 445 g/mol. The highest BCUT2D eigenvalue weighted by Gasteiger charge is 2.36. The molecule has 28 heavy (non-hydrogen) atoms. The van der Waals surface area contributed by atoms with E-state index in [-0.39, 0.29) is 34.9 Å². The molecule has 2 saturated heterocycles. The number of hydrogen-bond donors (Lipinski definition) is 1. The minimum absolute atomic E-state index is 0.0493. The number of rotatable bonds is 4. The zero-order valence-corrected chi connectivity index (χ0v) is 17.4. The molecule has 4 rings (SSSR count). The second kappa shape index (κ2) is 7.32. The molecule has 0 bridgehead atoms. The van der Waals surface area contributed by atoms with Crippen LogP contribution in [-0.2, 0) is 24.7 Å². The predicted molar refractivity (Wildman–Crippen MR) is 104 cm³/mol. The lowest BCUT2D eigenvalue weighted by atomic mass is 9.98. The van der Waals surface area contributed by atoms with Gasteiger partial charge in [-0.15, -0.1) is 0 Å². The van der Waals surface area contributed by atoms with Gasteiger partial charge >= 0.3 is 0 Å². The first-order valence-electron chi connectivity index (χ1n) is 8.98. The number of aromatic nitrogens is 2. The highest BCUT2D eigenvalue weighted by atomic mass is 32.2. The van der Waals surface area contributed by atoms with Gasteiger partial charge in [0.05, 0.1) is 29.2 Å². The number of nitrogens with zero attached hydrogens (tertiary/aromatic N) is 3. The maximum Gasteiger partial charge on any atom is 0.245 e. The third kappa shape index (κ3) is 3.78. The van der Waals surface area contributed by atoms with Crippen LogP contribution in [0, 0.1) is 5.92 Å². The molecule has 2 aliphatic heterocycles. The van der Waals surface area contributed by atoms with Crippen molar-refractivity contribution in [3.05, 3.63) is 18.2 Å². The van der Waals surface area contributed by atoms with Crippen molar-refractivity contribution in [2.75, 3.05) is 24.6 Å². The topological polar surface area (TPSA) is 126 Å². The van der Waals surface area contributed by atoms with E-state index in [9.17, 15) is 21.6 Å². The number of nitrogens with one attached hydrogen (secondary N) is 1. The maximum atomic E-state index is 13.1. The molecule has 3 heterocycles. The van der Waals surface area contributed by atoms with Crippen LogP contribution in [0.15, 0.2) is 23.1 Å². The Bertz CT molecular complexity index is 1110. The van der Waals surface area contributed by atoms with Crippen molar-refractivity contribution in [2.24, 2.45) is 5.92 Å². The van der Waals surface area contributed by atoms with Gasteiger partial charge in [-0.25, -0.2) is 16.8 Å². The molecule has 2 aliphatic rings. The summed E-state index contributed by atoms with van der Waals surface area (Å²) < 4.78 is 59.0. The molecule has 2 atom stereocenters. The van der Waals surface area contributed by atoms with Crippen LogP contribution in [0.2, 0.25) is 0 Å². The van der Waals surface area contributed by atoms with E-state index >= 15 is 0 Å². The summed E-state index contributed by atoms with van der Waals surface area (Å²) in [7, 11) is -6.90. The monoisotopic (exact) mass is 444 g/mol. The number of carbonyl (C=O) groups excluding carboxylic acids is 1. The molecule has 152 valence electrons. The zero-order valence-electron chi connectivity index (χ0n) is 14.9. The third-order valence-corrected chi connectivity index (χ3v) is 9.41. The summed E-state index contributed by atoms with van der Waals surface area (Å²) in [5.41, 5.74) is 0.870. The summed E-state index contributed by atoms with van der Waals surface area (Å²) in [6.45, 7) is 0.402. The highest BCUT2D eigenvalue weighted by molar-refractivity contribution is 7.91. The van der Waals surface area contributed by atoms with Crippen LogP contribution in [0.4, 0.5) is 0 Å². The Balaban J connectivity index is 1.50. The second-order valence-electron chi connectivity index (χ2n) is 7.20. The van der Waals surface area contributed by atoms with E-state index in [2.05, 4.69) is 14.1 Å². The number of benzene rings is 1. The van der Waals surface area contributed by atoms with Crippen molar-refractivity contribution in [3.8, 4) is 0 Å². The number of piperidine rings is 1. The van der Waals surface area contributed by atoms with E-state index < -0.39 is 25.8 Å². The van der Waals surface area contributed by atoms with Crippen LogP contribution in [-0.4, -0.2) is 66.4 Å². The van der Waals surface area contributed by atoms with E-state index in [1.165, 1.54) is 10.4 Å². The lowest BCUT2D eigenvalue weighted by Gasteiger charge is -2.31. The molecule has 1 aromatic carbocycles. The molecule has 0 aliphatic carbocycles. The minimum atomic E-state index is -3.81. The van der Waals surface area contributed by atoms with Gasteiger partial charge in [-0.05, 0) is 31.4 Å². The second-order valence-corrected chi connectivity index (χ2v) is 11.9. The largest absolute Gasteiger partial charge is 0.352 e. The molecular formula is C16H20N4O5S3. The summed E-state index contributed by atoms with van der Waals surface area (Å²) in [6.07, 6.45) is 1.53. The third-order valence-electron chi connectivity index (χ3n) is 5.20. The standard InChI is InChI=1S/C16H20N4O5S3/c21-16(17-12-6-8-27(22,23)10-12)11-3-2-7-20(9-11)28(24,25)14-5-1-4-13-15(14)19-26-18-13/h1,4-5,11-12H,2-3,6-10H2,(H,17,21)/t11-,12+/m0/s1. The Kier molecular flexibility index (Phi) is 5.14. The van der Waals surface area contributed by atoms with Gasteiger partial charge in [-0.2, -0.15) is 13.1 Å². The minimum Gasteiger partial charge on any atom is -0.352 e. The first kappa shape index (κ1) is 19.7. The number of sulfonamides is 1. The molecule has 0 saturated carbocycles. The molecule has 1 aromatic heterocycles. The van der Waals surface area contributed by atoms with Crippen LogP contribution < -0.4 is 5.32 Å². The van der Waals surface area contributed by atoms with E-state index in [0.717, 1.165) is 11.7 Å². The van der Waals surface area contributed by atoms with Crippen molar-refractivity contribution < 1.29 is 21.6 Å². The van der Waals surface area contributed by atoms with Gasteiger partial charge in [0.1, 0.15) is 15.9 Å². The van der Waals surface area contributed by atoms with Crippen LogP contribution in [0.5, 0.6) is 0 Å². The quantitative estimate of drug-likeness (QED) is 0.723. The molecule has 2 fully saturated rings. The normalized spacial score (nSPS) is 25.7. The van der Waals surface area contributed by atoms with Gasteiger partial charge in [-0.1, -0.05) is 6.07 Å². The molecule has 1 amide bonds. The fraction of sp³-hybridized carbons (Fsp3) is 0.562. The van der Waals surface area contributed by atoms with Gasteiger partial charge in [0.25, 0.3) is 0 Å². The number of hydrogen-bond acceptors (Lipinski definition) is 8. The first-order valence-corrected chi connectivity index (χ1v) is 13.0. The van der Waals surface area contributed by atoms with Gasteiger partial charge in [-0.3, -0.25) is 4.79 Å². The van der Waals surface area contributed by atoms with E-state index in [1.54, 1.807) is 12.1 Å². The Labute approximate surface area is 167 Å². The molecule has 0 radical (unpaired) electrons. The number of fused-ring (bicyclic) bond motifs is 1. The Morgan fingerprint density at radius 3 is 2.82 bits per heavy atom. The summed E-state index contributed by atoms with van der Waals surface area (Å²) in [4.78, 5) is 12.7. The van der Waals surface area contributed by atoms with Gasteiger partial charge in [0.15, 0.2) is 9.84 Å². The SMILES string of the molecule is O=C(N[C@@H]1CCS(=O)(=O)C1)[C@H]1CCCN(S(=O)(=O)c2cccc3nsnc23)C1. The zero-order chi connectivity index (χ0) is 19.9. The van der Waals surface area contributed by atoms with E-state index in [4.69, 9.17) is 0 Å². The van der Waals surface area contributed by atoms with E-state index in [1.807, 2.05) is 0 Å². The molecule has 0 spiro atoms. The van der Waals surface area contributed by atoms with Crippen molar-refractivity contribution in [2.45, 2.75) is 30.2 Å². The summed E-state index contributed by atoms with van der Waals surface area (Å²) >= 11 is 0.957. The highest BCUT2D eigenvalue weighted by Crippen LogP contribution is 2.28. The lowest BCUT2D eigenvalue weighted by molar-refractivity contribution is -0.126. The van der Waals surface area contributed by atoms with Crippen LogP contribution >= 0.6 is 11.7 Å². The molecule has 1 N–H and O–H groups in total.